The van der Waals surface area contributed by atoms with E-state index in [4.69, 9.17) is 0 Å². The van der Waals surface area contributed by atoms with Crippen LogP contribution < -0.4 is 0 Å². The van der Waals surface area contributed by atoms with Crippen LogP contribution in [0.15, 0.2) is 46.8 Å². The van der Waals surface area contributed by atoms with Gasteiger partial charge >= 0.3 is 0 Å². The molecule has 18 heavy (non-hydrogen) atoms. The maximum Gasteiger partial charge on any atom is 0.230 e. The van der Waals surface area contributed by atoms with Gasteiger partial charge in [0.2, 0.25) is 10.9 Å². The molecule has 4 nitrogen and oxygen atoms in total. The van der Waals surface area contributed by atoms with Crippen molar-refractivity contribution >= 4 is 22.3 Å². The Labute approximate surface area is 109 Å². The number of carbonyl (C=O) groups is 1. The second-order valence-corrected chi connectivity index (χ2v) is 5.02. The van der Waals surface area contributed by atoms with Crippen molar-refractivity contribution in [1.29, 1.82) is 0 Å². The van der Waals surface area contributed by atoms with Crippen LogP contribution in [0.4, 0.5) is 5.13 Å². The number of azo groups is 1. The van der Waals surface area contributed by atoms with E-state index < -0.39 is 0 Å². The van der Waals surface area contributed by atoms with Crippen molar-refractivity contribution in [2.75, 3.05) is 0 Å². The molecule has 0 N–H and O–H groups in total. The lowest BCUT2D eigenvalue weighted by Gasteiger charge is -1.95. The van der Waals surface area contributed by atoms with E-state index in [0.29, 0.717) is 15.6 Å². The van der Waals surface area contributed by atoms with E-state index in [0.717, 1.165) is 0 Å². The number of rotatable bonds is 4. The van der Waals surface area contributed by atoms with Gasteiger partial charge in [0.05, 0.1) is 17.1 Å². The Balaban J connectivity index is 2.18. The van der Waals surface area contributed by atoms with Crippen molar-refractivity contribution in [3.63, 3.8) is 0 Å². The molecule has 1 heterocycles. The van der Waals surface area contributed by atoms with Gasteiger partial charge < -0.3 is 0 Å². The maximum absolute atomic E-state index is 12.1. The fourth-order valence-corrected chi connectivity index (χ4v) is 2.02. The molecule has 5 heteroatoms. The van der Waals surface area contributed by atoms with E-state index in [9.17, 15) is 4.79 Å². The molecular formula is C13H13N3OS. The molecule has 0 spiro atoms. The molecule has 0 saturated carbocycles. The Hall–Kier alpha value is -1.88. The van der Waals surface area contributed by atoms with Crippen LogP contribution in [-0.2, 0) is 0 Å². The third kappa shape index (κ3) is 3.07. The third-order valence-corrected chi connectivity index (χ3v) is 3.01. The summed E-state index contributed by atoms with van der Waals surface area (Å²) < 4.78 is 0. The fraction of sp³-hybridized carbons (Fsp3) is 0.231. The summed E-state index contributed by atoms with van der Waals surface area (Å²) in [5.41, 5.74) is 0.661. The Morgan fingerprint density at radius 3 is 2.67 bits per heavy atom. The molecule has 0 saturated heterocycles. The van der Waals surface area contributed by atoms with E-state index in [-0.39, 0.29) is 11.8 Å². The lowest BCUT2D eigenvalue weighted by atomic mass is 10.1. The van der Waals surface area contributed by atoms with Gasteiger partial charge in [0.1, 0.15) is 0 Å². The average Bonchev–Trinajstić information content (AvgIpc) is 2.85. The summed E-state index contributed by atoms with van der Waals surface area (Å²) in [5, 5.41) is 8.50. The van der Waals surface area contributed by atoms with Gasteiger partial charge in [-0.3, -0.25) is 4.79 Å². The monoisotopic (exact) mass is 259 g/mol. The van der Waals surface area contributed by atoms with Crippen molar-refractivity contribution in [3.8, 4) is 0 Å². The first kappa shape index (κ1) is 12.6. The largest absolute Gasteiger partial charge is 0.288 e. The molecule has 0 aliphatic rings. The molecule has 0 fully saturated rings. The summed E-state index contributed by atoms with van der Waals surface area (Å²) in [6.07, 6.45) is 1.55. The Morgan fingerprint density at radius 1 is 1.28 bits per heavy atom. The van der Waals surface area contributed by atoms with E-state index in [2.05, 4.69) is 15.2 Å². The van der Waals surface area contributed by atoms with Crippen molar-refractivity contribution in [1.82, 2.24) is 4.98 Å². The van der Waals surface area contributed by atoms with E-state index in [1.165, 1.54) is 11.3 Å². The Kier molecular flexibility index (Phi) is 3.94. The second kappa shape index (κ2) is 5.64. The summed E-state index contributed by atoms with van der Waals surface area (Å²) >= 11 is 1.26. The third-order valence-electron chi connectivity index (χ3n) is 2.13. The minimum Gasteiger partial charge on any atom is -0.288 e. The van der Waals surface area contributed by atoms with Crippen LogP contribution in [-0.4, -0.2) is 16.8 Å². The van der Waals surface area contributed by atoms with Crippen molar-refractivity contribution < 1.29 is 4.79 Å². The highest BCUT2D eigenvalue weighted by Gasteiger charge is 2.12. The number of nitrogens with zero attached hydrogens (tertiary/aromatic N) is 3. The molecule has 1 aromatic carbocycles. The van der Waals surface area contributed by atoms with Crippen LogP contribution in [0.3, 0.4) is 0 Å². The van der Waals surface area contributed by atoms with Crippen molar-refractivity contribution in [3.05, 3.63) is 47.0 Å². The van der Waals surface area contributed by atoms with Crippen LogP contribution in [0.2, 0.25) is 0 Å². The molecular weight excluding hydrogens is 246 g/mol. The number of benzene rings is 1. The fourth-order valence-electron chi connectivity index (χ4n) is 1.31. The quantitative estimate of drug-likeness (QED) is 0.618. The highest BCUT2D eigenvalue weighted by molar-refractivity contribution is 7.17. The minimum absolute atomic E-state index is 0.0286. The van der Waals surface area contributed by atoms with Crippen LogP contribution in [0.25, 0.3) is 0 Å². The molecule has 92 valence electrons. The first-order valence-electron chi connectivity index (χ1n) is 5.63. The van der Waals surface area contributed by atoms with Crippen molar-refractivity contribution in [2.24, 2.45) is 10.2 Å². The number of ketones is 1. The summed E-state index contributed by atoms with van der Waals surface area (Å²) in [7, 11) is 0. The molecule has 0 bridgehead atoms. The SMILES string of the molecule is CC(C)N=Nc1ncc(C(=O)c2ccccc2)s1. The van der Waals surface area contributed by atoms with Gasteiger partial charge in [-0.1, -0.05) is 41.7 Å². The highest BCUT2D eigenvalue weighted by Crippen LogP contribution is 2.24. The molecule has 2 rings (SSSR count). The minimum atomic E-state index is -0.0286. The number of hydrogen-bond donors (Lipinski definition) is 0. The van der Waals surface area contributed by atoms with Gasteiger partial charge in [0.15, 0.2) is 0 Å². The zero-order chi connectivity index (χ0) is 13.0. The van der Waals surface area contributed by atoms with Gasteiger partial charge in [-0.05, 0) is 13.8 Å². The van der Waals surface area contributed by atoms with Crippen LogP contribution in [0.1, 0.15) is 29.1 Å². The van der Waals surface area contributed by atoms with Gasteiger partial charge in [-0.2, -0.15) is 5.11 Å². The maximum atomic E-state index is 12.1. The van der Waals surface area contributed by atoms with E-state index in [1.807, 2.05) is 32.0 Å². The zero-order valence-corrected chi connectivity index (χ0v) is 11.0. The molecule has 2 aromatic rings. The number of thiazole rings is 1. The zero-order valence-electron chi connectivity index (χ0n) is 10.2. The summed E-state index contributed by atoms with van der Waals surface area (Å²) in [6.45, 7) is 3.88. The van der Waals surface area contributed by atoms with Gasteiger partial charge in [-0.25, -0.2) is 4.98 Å². The van der Waals surface area contributed by atoms with Crippen molar-refractivity contribution in [2.45, 2.75) is 19.9 Å². The van der Waals surface area contributed by atoms with E-state index in [1.54, 1.807) is 18.3 Å². The first-order valence-corrected chi connectivity index (χ1v) is 6.45. The van der Waals surface area contributed by atoms with Gasteiger partial charge in [-0.15, -0.1) is 5.11 Å². The van der Waals surface area contributed by atoms with E-state index >= 15 is 0 Å². The summed E-state index contributed by atoms with van der Waals surface area (Å²) in [5.74, 6) is -0.0286. The standard InChI is InChI=1S/C13H13N3OS/c1-9(2)15-16-13-14-8-11(18-13)12(17)10-6-4-3-5-7-10/h3-9H,1-2H3. The van der Waals surface area contributed by atoms with Crippen LogP contribution >= 0.6 is 11.3 Å². The van der Waals surface area contributed by atoms with Crippen LogP contribution in [0, 0.1) is 0 Å². The Bertz CT molecular complexity index is 561. The smallest absolute Gasteiger partial charge is 0.230 e. The van der Waals surface area contributed by atoms with Crippen LogP contribution in [0.5, 0.6) is 0 Å². The average molecular weight is 259 g/mol. The summed E-state index contributed by atoms with van der Waals surface area (Å²) in [4.78, 5) is 16.8. The molecule has 0 atom stereocenters. The molecule has 0 unspecified atom stereocenters. The number of carbonyl (C=O) groups excluding carboxylic acids is 1. The highest BCUT2D eigenvalue weighted by atomic mass is 32.1. The first-order chi connectivity index (χ1) is 8.66. The topological polar surface area (TPSA) is 54.7 Å². The lowest BCUT2D eigenvalue weighted by molar-refractivity contribution is 0.104. The predicted octanol–water partition coefficient (Wildman–Crippen LogP) is 3.87. The Morgan fingerprint density at radius 2 is 2.00 bits per heavy atom. The normalized spacial score (nSPS) is 11.3. The number of hydrogen-bond acceptors (Lipinski definition) is 5. The molecule has 1 aromatic heterocycles. The number of aromatic nitrogens is 1. The second-order valence-electron chi connectivity index (χ2n) is 4.01. The molecule has 0 amide bonds. The predicted molar refractivity (Wildman–Crippen MR) is 71.6 cm³/mol. The lowest BCUT2D eigenvalue weighted by Crippen LogP contribution is -1.97. The molecule has 0 radical (unpaired) electrons. The van der Waals surface area contributed by atoms with Gasteiger partial charge in [0, 0.05) is 5.56 Å². The molecule has 0 aliphatic heterocycles. The summed E-state index contributed by atoms with van der Waals surface area (Å²) in [6, 6.07) is 9.27. The molecule has 0 aliphatic carbocycles. The van der Waals surface area contributed by atoms with Gasteiger partial charge in [0.25, 0.3) is 0 Å².